The molecule has 1 aliphatic rings. The predicted octanol–water partition coefficient (Wildman–Crippen LogP) is 0.189. The second-order valence-electron chi connectivity index (χ2n) is 4.10. The Bertz CT molecular complexity index is 253. The van der Waals surface area contributed by atoms with Crippen LogP contribution in [-0.2, 0) is 9.59 Å². The normalized spacial score (nSPS) is 22.8. The molecule has 1 saturated heterocycles. The molecule has 2 atom stereocenters. The van der Waals surface area contributed by atoms with Crippen LogP contribution in [0, 0.1) is 0 Å². The van der Waals surface area contributed by atoms with Crippen molar-refractivity contribution >= 4 is 11.9 Å². The number of amides is 1. The highest BCUT2D eigenvalue weighted by Crippen LogP contribution is 2.18. The molecule has 0 aromatic heterocycles. The number of carbonyl (C=O) groups is 2. The molecular formula is C10H18N2O3. The average Bonchev–Trinajstić information content (AvgIpc) is 2.62. The molecule has 1 fully saturated rings. The van der Waals surface area contributed by atoms with Gasteiger partial charge in [0.1, 0.15) is 6.04 Å². The molecule has 5 heteroatoms. The molecule has 15 heavy (non-hydrogen) atoms. The van der Waals surface area contributed by atoms with E-state index >= 15 is 0 Å². The zero-order valence-electron chi connectivity index (χ0n) is 8.98. The Morgan fingerprint density at radius 1 is 1.60 bits per heavy atom. The molecule has 0 aromatic carbocycles. The van der Waals surface area contributed by atoms with Gasteiger partial charge in [-0.3, -0.25) is 4.79 Å². The van der Waals surface area contributed by atoms with E-state index in [9.17, 15) is 9.59 Å². The first kappa shape index (κ1) is 12.0. The second-order valence-corrected chi connectivity index (χ2v) is 4.10. The van der Waals surface area contributed by atoms with Gasteiger partial charge in [-0.25, -0.2) is 4.79 Å². The van der Waals surface area contributed by atoms with E-state index in [-0.39, 0.29) is 11.9 Å². The Kier molecular flexibility index (Phi) is 4.08. The fourth-order valence-corrected chi connectivity index (χ4v) is 1.82. The Morgan fingerprint density at radius 2 is 2.27 bits per heavy atom. The molecule has 86 valence electrons. The van der Waals surface area contributed by atoms with Crippen LogP contribution in [-0.4, -0.2) is 40.5 Å². The summed E-state index contributed by atoms with van der Waals surface area (Å²) in [7, 11) is 0. The summed E-state index contributed by atoms with van der Waals surface area (Å²) in [6.45, 7) is 2.40. The molecule has 1 rings (SSSR count). The van der Waals surface area contributed by atoms with Gasteiger partial charge in [0, 0.05) is 19.0 Å². The highest BCUT2D eigenvalue weighted by molar-refractivity contribution is 5.84. The monoisotopic (exact) mass is 214 g/mol. The summed E-state index contributed by atoms with van der Waals surface area (Å²) < 4.78 is 0. The molecule has 0 saturated carbocycles. The molecule has 0 radical (unpaired) electrons. The van der Waals surface area contributed by atoms with E-state index < -0.39 is 12.0 Å². The average molecular weight is 214 g/mol. The molecule has 1 heterocycles. The Morgan fingerprint density at radius 3 is 2.80 bits per heavy atom. The van der Waals surface area contributed by atoms with E-state index in [2.05, 4.69) is 0 Å². The van der Waals surface area contributed by atoms with Crippen molar-refractivity contribution in [2.75, 3.05) is 6.54 Å². The minimum absolute atomic E-state index is 0.0140. The lowest BCUT2D eigenvalue weighted by Gasteiger charge is -2.21. The minimum Gasteiger partial charge on any atom is -0.480 e. The SMILES string of the molecule is CC(N)CCC(=O)N1CCCC1C(=O)O. The highest BCUT2D eigenvalue weighted by Gasteiger charge is 2.33. The maximum absolute atomic E-state index is 11.7. The topological polar surface area (TPSA) is 83.6 Å². The summed E-state index contributed by atoms with van der Waals surface area (Å²) in [4.78, 5) is 24.0. The van der Waals surface area contributed by atoms with Crippen molar-refractivity contribution in [1.82, 2.24) is 4.90 Å². The Balaban J connectivity index is 2.47. The first-order valence-electron chi connectivity index (χ1n) is 5.30. The van der Waals surface area contributed by atoms with Gasteiger partial charge in [-0.2, -0.15) is 0 Å². The third kappa shape index (κ3) is 3.20. The summed E-state index contributed by atoms with van der Waals surface area (Å²) in [6.07, 6.45) is 2.31. The summed E-state index contributed by atoms with van der Waals surface area (Å²) in [6, 6.07) is -0.634. The number of carbonyl (C=O) groups excluding carboxylic acids is 1. The fourth-order valence-electron chi connectivity index (χ4n) is 1.82. The van der Waals surface area contributed by atoms with E-state index in [4.69, 9.17) is 10.8 Å². The molecule has 1 aliphatic heterocycles. The molecule has 0 spiro atoms. The van der Waals surface area contributed by atoms with Crippen LogP contribution in [0.25, 0.3) is 0 Å². The van der Waals surface area contributed by atoms with E-state index in [1.54, 1.807) is 0 Å². The number of carboxylic acid groups (broad SMARTS) is 1. The number of likely N-dealkylation sites (tertiary alicyclic amines) is 1. The van der Waals surface area contributed by atoms with Crippen LogP contribution >= 0.6 is 0 Å². The summed E-state index contributed by atoms with van der Waals surface area (Å²) >= 11 is 0. The Labute approximate surface area is 89.2 Å². The number of nitrogens with zero attached hydrogens (tertiary/aromatic N) is 1. The van der Waals surface area contributed by atoms with Crippen molar-refractivity contribution in [2.24, 2.45) is 5.73 Å². The van der Waals surface area contributed by atoms with Crippen molar-refractivity contribution in [2.45, 2.75) is 44.7 Å². The molecule has 0 aromatic rings. The maximum Gasteiger partial charge on any atom is 0.326 e. The van der Waals surface area contributed by atoms with Crippen molar-refractivity contribution < 1.29 is 14.7 Å². The van der Waals surface area contributed by atoms with Crippen LogP contribution in [0.3, 0.4) is 0 Å². The van der Waals surface area contributed by atoms with E-state index in [1.807, 2.05) is 6.92 Å². The van der Waals surface area contributed by atoms with E-state index in [1.165, 1.54) is 4.90 Å². The largest absolute Gasteiger partial charge is 0.480 e. The van der Waals surface area contributed by atoms with Gasteiger partial charge in [-0.05, 0) is 26.2 Å². The number of aliphatic carboxylic acids is 1. The third-order valence-corrected chi connectivity index (χ3v) is 2.67. The van der Waals surface area contributed by atoms with E-state index in [0.29, 0.717) is 25.8 Å². The molecule has 2 unspecified atom stereocenters. The maximum atomic E-state index is 11.7. The van der Waals surface area contributed by atoms with Crippen molar-refractivity contribution in [3.05, 3.63) is 0 Å². The van der Waals surface area contributed by atoms with Gasteiger partial charge in [-0.15, -0.1) is 0 Å². The lowest BCUT2D eigenvalue weighted by atomic mass is 10.1. The zero-order valence-corrected chi connectivity index (χ0v) is 8.98. The Hall–Kier alpha value is -1.10. The third-order valence-electron chi connectivity index (χ3n) is 2.67. The smallest absolute Gasteiger partial charge is 0.326 e. The van der Waals surface area contributed by atoms with Crippen LogP contribution in [0.5, 0.6) is 0 Å². The quantitative estimate of drug-likeness (QED) is 0.699. The van der Waals surface area contributed by atoms with Gasteiger partial charge in [-0.1, -0.05) is 0 Å². The van der Waals surface area contributed by atoms with Crippen molar-refractivity contribution in [3.8, 4) is 0 Å². The van der Waals surface area contributed by atoms with Gasteiger partial charge >= 0.3 is 5.97 Å². The van der Waals surface area contributed by atoms with E-state index in [0.717, 1.165) is 6.42 Å². The van der Waals surface area contributed by atoms with Crippen LogP contribution < -0.4 is 5.73 Å². The van der Waals surface area contributed by atoms with Gasteiger partial charge in [0.2, 0.25) is 5.91 Å². The number of hydrogen-bond donors (Lipinski definition) is 2. The summed E-state index contributed by atoms with van der Waals surface area (Å²) in [5, 5.41) is 8.89. The van der Waals surface area contributed by atoms with Gasteiger partial charge in [0.15, 0.2) is 0 Å². The second kappa shape index (κ2) is 5.11. The molecule has 5 nitrogen and oxygen atoms in total. The van der Waals surface area contributed by atoms with Gasteiger partial charge in [0.05, 0.1) is 0 Å². The first-order valence-corrected chi connectivity index (χ1v) is 5.30. The van der Waals surface area contributed by atoms with Crippen LogP contribution in [0.4, 0.5) is 0 Å². The lowest BCUT2D eigenvalue weighted by Crippen LogP contribution is -2.40. The molecule has 1 amide bonds. The van der Waals surface area contributed by atoms with Crippen molar-refractivity contribution in [3.63, 3.8) is 0 Å². The number of hydrogen-bond acceptors (Lipinski definition) is 3. The van der Waals surface area contributed by atoms with Crippen LogP contribution in [0.1, 0.15) is 32.6 Å². The highest BCUT2D eigenvalue weighted by atomic mass is 16.4. The van der Waals surface area contributed by atoms with Crippen LogP contribution in [0.15, 0.2) is 0 Å². The molecule has 0 aliphatic carbocycles. The van der Waals surface area contributed by atoms with Crippen LogP contribution in [0.2, 0.25) is 0 Å². The lowest BCUT2D eigenvalue weighted by molar-refractivity contribution is -0.148. The molecule has 3 N–H and O–H groups in total. The first-order chi connectivity index (χ1) is 7.02. The predicted molar refractivity (Wildman–Crippen MR) is 55.3 cm³/mol. The standard InChI is InChI=1S/C10H18N2O3/c1-7(11)4-5-9(13)12-6-2-3-8(12)10(14)15/h7-8H,2-6,11H2,1H3,(H,14,15). The molecule has 0 bridgehead atoms. The molecular weight excluding hydrogens is 196 g/mol. The van der Waals surface area contributed by atoms with Gasteiger partial charge in [0.25, 0.3) is 0 Å². The summed E-state index contributed by atoms with van der Waals surface area (Å²) in [5.41, 5.74) is 5.55. The minimum atomic E-state index is -0.901. The number of nitrogens with two attached hydrogens (primary N) is 1. The fraction of sp³-hybridized carbons (Fsp3) is 0.800. The summed E-state index contributed by atoms with van der Waals surface area (Å²) in [5.74, 6) is -0.987. The van der Waals surface area contributed by atoms with Gasteiger partial charge < -0.3 is 15.7 Å². The van der Waals surface area contributed by atoms with Crippen molar-refractivity contribution in [1.29, 1.82) is 0 Å². The zero-order chi connectivity index (χ0) is 11.4. The number of carboxylic acids is 1. The number of rotatable bonds is 4.